The molecule has 0 radical (unpaired) electrons. The second kappa shape index (κ2) is 11.9. The second-order valence-corrected chi connectivity index (χ2v) is 11.3. The van der Waals surface area contributed by atoms with E-state index >= 15 is 0 Å². The van der Waals surface area contributed by atoms with Gasteiger partial charge in [0.1, 0.15) is 10.9 Å². The number of rotatable bonds is 8. The van der Waals surface area contributed by atoms with E-state index in [0.29, 0.717) is 17.7 Å². The van der Waals surface area contributed by atoms with Gasteiger partial charge in [-0.2, -0.15) is 4.37 Å². The number of hydrogen-bond donors (Lipinski definition) is 0. The van der Waals surface area contributed by atoms with Gasteiger partial charge in [-0.15, -0.1) is 0 Å². The molecule has 0 aliphatic carbocycles. The lowest BCUT2D eigenvalue weighted by Crippen LogP contribution is -2.47. The van der Waals surface area contributed by atoms with Gasteiger partial charge in [-0.25, -0.2) is 4.99 Å². The second-order valence-electron chi connectivity index (χ2n) is 10.5. The maximum atomic E-state index is 13.2. The lowest BCUT2D eigenvalue weighted by atomic mass is 9.76. The number of carbonyl (C=O) groups is 1. The monoisotopic (exact) mass is 561 g/mol. The first-order valence-corrected chi connectivity index (χ1v) is 14.5. The normalized spacial score (nSPS) is 19.2. The average Bonchev–Trinajstić information content (AvgIpc) is 3.35. The van der Waals surface area contributed by atoms with E-state index in [1.807, 2.05) is 13.0 Å². The van der Waals surface area contributed by atoms with Gasteiger partial charge in [-0.05, 0) is 68.1 Å². The van der Waals surface area contributed by atoms with Gasteiger partial charge in [0.15, 0.2) is 0 Å². The number of nitro benzene ring substituents is 1. The van der Waals surface area contributed by atoms with E-state index in [-0.39, 0.29) is 18.3 Å². The zero-order chi connectivity index (χ0) is 28.4. The zero-order valence-electron chi connectivity index (χ0n) is 23.4. The number of ether oxygens (including phenoxy) is 1. The molecule has 2 unspecified atom stereocenters. The number of piperazine rings is 1. The van der Waals surface area contributed by atoms with Crippen molar-refractivity contribution >= 4 is 39.6 Å². The number of nitrogens with zero attached hydrogens (tertiary/aromatic N) is 5. The fourth-order valence-corrected chi connectivity index (χ4v) is 6.59. The van der Waals surface area contributed by atoms with Gasteiger partial charge in [0.2, 0.25) is 0 Å². The van der Waals surface area contributed by atoms with Crippen LogP contribution >= 0.6 is 11.5 Å². The minimum absolute atomic E-state index is 0.00629. The quantitative estimate of drug-likeness (QED) is 0.205. The van der Waals surface area contributed by atoms with Crippen LogP contribution in [0.25, 0.3) is 0 Å². The summed E-state index contributed by atoms with van der Waals surface area (Å²) in [6, 6.07) is 13.2. The highest BCUT2D eigenvalue weighted by Crippen LogP contribution is 2.47. The lowest BCUT2D eigenvalue weighted by molar-refractivity contribution is -0.384. The molecule has 0 N–H and O–H groups in total. The van der Waals surface area contributed by atoms with Crippen LogP contribution < -0.4 is 4.90 Å². The summed E-state index contributed by atoms with van der Waals surface area (Å²) in [4.78, 5) is 34.0. The van der Waals surface area contributed by atoms with Crippen molar-refractivity contribution in [1.29, 1.82) is 0 Å². The fraction of sp³-hybridized carbons (Fsp3) is 0.433. The molecule has 0 amide bonds. The molecule has 0 spiro atoms. The predicted molar refractivity (Wildman–Crippen MR) is 158 cm³/mol. The lowest BCUT2D eigenvalue weighted by Gasteiger charge is -2.36. The summed E-state index contributed by atoms with van der Waals surface area (Å²) < 4.78 is 10.2. The fourth-order valence-electron chi connectivity index (χ4n) is 5.68. The van der Waals surface area contributed by atoms with Crippen LogP contribution in [0, 0.1) is 29.9 Å². The van der Waals surface area contributed by atoms with Gasteiger partial charge in [0.25, 0.3) is 5.69 Å². The summed E-state index contributed by atoms with van der Waals surface area (Å²) in [6.45, 7) is 12.8. The number of aromatic nitrogens is 1. The first-order chi connectivity index (χ1) is 19.3. The molecule has 9 nitrogen and oxygen atoms in total. The van der Waals surface area contributed by atoms with Crippen molar-refractivity contribution in [3.05, 3.63) is 80.5 Å². The van der Waals surface area contributed by atoms with Crippen molar-refractivity contribution in [3.8, 4) is 0 Å². The number of nitro groups is 1. The third kappa shape index (κ3) is 5.64. The number of carbonyl (C=O) groups excluding carboxylic acids is 1. The Bertz CT molecular complexity index is 1440. The van der Waals surface area contributed by atoms with E-state index in [0.717, 1.165) is 49.0 Å². The first kappa shape index (κ1) is 27.9. The molecule has 1 saturated heterocycles. The highest BCUT2D eigenvalue weighted by molar-refractivity contribution is 7.10. The maximum Gasteiger partial charge on any atom is 0.315 e. The first-order valence-electron chi connectivity index (χ1n) is 13.8. The number of aliphatic imine (C=N–C) groups is 1. The smallest absolute Gasteiger partial charge is 0.315 e. The van der Waals surface area contributed by atoms with Gasteiger partial charge in [-0.3, -0.25) is 19.8 Å². The molecule has 3 heterocycles. The summed E-state index contributed by atoms with van der Waals surface area (Å²) >= 11 is 1.33. The van der Waals surface area contributed by atoms with E-state index in [1.54, 1.807) is 19.1 Å². The Kier molecular flexibility index (Phi) is 8.27. The summed E-state index contributed by atoms with van der Waals surface area (Å²) in [5.41, 5.74) is 7.02. The van der Waals surface area contributed by atoms with Crippen molar-refractivity contribution in [2.45, 2.75) is 40.0 Å². The van der Waals surface area contributed by atoms with Gasteiger partial charge in [0.05, 0.1) is 17.2 Å². The molecule has 2 aliphatic heterocycles. The Morgan fingerprint density at radius 3 is 2.58 bits per heavy atom. The number of fused-ring (bicyclic) bond motifs is 1. The van der Waals surface area contributed by atoms with E-state index in [1.165, 1.54) is 34.4 Å². The number of aryl methyl sites for hydroxylation is 2. The number of esters is 1. The average molecular weight is 562 g/mol. The van der Waals surface area contributed by atoms with Gasteiger partial charge < -0.3 is 9.64 Å². The molecule has 0 bridgehead atoms. The maximum absolute atomic E-state index is 13.2. The molecule has 3 aromatic rings. The Morgan fingerprint density at radius 2 is 1.88 bits per heavy atom. The van der Waals surface area contributed by atoms with Gasteiger partial charge in [-0.1, -0.05) is 18.2 Å². The topological polar surface area (TPSA) is 101 Å². The SMILES string of the molecule is CCOC(=O)C1C(C)=Nc2snc(CCN3CCN(c4ccc(C)c(C)c4)CC3)c2C1c1cccc([N+](=O)[O-])c1. The molecule has 2 aliphatic rings. The summed E-state index contributed by atoms with van der Waals surface area (Å²) in [5.74, 6) is -1.47. The Labute approximate surface area is 238 Å². The number of anilines is 1. The summed E-state index contributed by atoms with van der Waals surface area (Å²) in [5, 5.41) is 12.3. The van der Waals surface area contributed by atoms with Crippen LogP contribution in [-0.2, 0) is 16.0 Å². The molecule has 5 rings (SSSR count). The van der Waals surface area contributed by atoms with Gasteiger partial charge in [0, 0.05) is 74.2 Å². The minimum atomic E-state index is -0.661. The van der Waals surface area contributed by atoms with Crippen molar-refractivity contribution in [2.75, 3.05) is 44.2 Å². The molecule has 40 heavy (non-hydrogen) atoms. The van der Waals surface area contributed by atoms with E-state index < -0.39 is 16.8 Å². The van der Waals surface area contributed by atoms with Crippen molar-refractivity contribution in [2.24, 2.45) is 10.9 Å². The largest absolute Gasteiger partial charge is 0.465 e. The summed E-state index contributed by atoms with van der Waals surface area (Å²) in [6.07, 6.45) is 0.713. The predicted octanol–water partition coefficient (Wildman–Crippen LogP) is 5.45. The molecule has 1 fully saturated rings. The summed E-state index contributed by atoms with van der Waals surface area (Å²) in [7, 11) is 0. The van der Waals surface area contributed by atoms with E-state index in [2.05, 4.69) is 41.8 Å². The molecule has 1 aromatic heterocycles. The third-order valence-corrected chi connectivity index (χ3v) is 8.83. The molecule has 2 aromatic carbocycles. The highest BCUT2D eigenvalue weighted by Gasteiger charge is 2.41. The van der Waals surface area contributed by atoms with Crippen LogP contribution in [0.4, 0.5) is 16.4 Å². The Balaban J connectivity index is 1.37. The van der Waals surface area contributed by atoms with Crippen LogP contribution in [0.1, 0.15) is 47.7 Å². The van der Waals surface area contributed by atoms with E-state index in [9.17, 15) is 14.9 Å². The van der Waals surface area contributed by atoms with E-state index in [4.69, 9.17) is 14.1 Å². The molecular formula is C30H35N5O4S. The third-order valence-electron chi connectivity index (χ3n) is 8.03. The molecular weight excluding hydrogens is 526 g/mol. The van der Waals surface area contributed by atoms with Crippen molar-refractivity contribution < 1.29 is 14.5 Å². The number of benzene rings is 2. The number of hydrogen-bond acceptors (Lipinski definition) is 9. The Morgan fingerprint density at radius 1 is 1.10 bits per heavy atom. The minimum Gasteiger partial charge on any atom is -0.465 e. The molecule has 0 saturated carbocycles. The Hall–Kier alpha value is -3.63. The molecule has 210 valence electrons. The van der Waals surface area contributed by atoms with Crippen LogP contribution in [0.15, 0.2) is 47.5 Å². The molecule has 10 heteroatoms. The number of non-ortho nitro benzene ring substituents is 1. The van der Waals surface area contributed by atoms with Crippen LogP contribution in [0.2, 0.25) is 0 Å². The van der Waals surface area contributed by atoms with Gasteiger partial charge >= 0.3 is 5.97 Å². The van der Waals surface area contributed by atoms with Crippen molar-refractivity contribution in [3.63, 3.8) is 0 Å². The van der Waals surface area contributed by atoms with Crippen LogP contribution in [0.3, 0.4) is 0 Å². The van der Waals surface area contributed by atoms with Crippen LogP contribution in [0.5, 0.6) is 0 Å². The molecule has 2 atom stereocenters. The highest BCUT2D eigenvalue weighted by atomic mass is 32.1. The zero-order valence-corrected chi connectivity index (χ0v) is 24.2. The van der Waals surface area contributed by atoms with Crippen LogP contribution in [-0.4, -0.2) is 65.2 Å². The standard InChI is InChI=1S/C30H35N5O4S/c1-5-39-30(36)26-21(4)31-29-28(27(26)22-7-6-8-24(18-22)35(37)38)25(32-40-29)11-12-33-13-15-34(16-14-33)23-10-9-19(2)20(3)17-23/h6-10,17-18,26-27H,5,11-16H2,1-4H3. The van der Waals surface area contributed by atoms with Crippen molar-refractivity contribution in [1.82, 2.24) is 9.27 Å².